The number of fused-ring (bicyclic) bond motifs is 1. The average molecular weight is 399 g/mol. The van der Waals surface area contributed by atoms with Crippen molar-refractivity contribution in [3.8, 4) is 5.75 Å². The average Bonchev–Trinajstić information content (AvgIpc) is 2.96. The highest BCUT2D eigenvalue weighted by molar-refractivity contribution is 6.05. The first-order valence-electron chi connectivity index (χ1n) is 9.51. The van der Waals surface area contributed by atoms with Gasteiger partial charge >= 0.3 is 5.97 Å². The first-order valence-corrected chi connectivity index (χ1v) is 9.51. The van der Waals surface area contributed by atoms with Crippen LogP contribution in [0.1, 0.15) is 52.9 Å². The second kappa shape index (κ2) is 7.98. The van der Waals surface area contributed by atoms with Crippen molar-refractivity contribution in [1.29, 1.82) is 0 Å². The standard InChI is InChI=1S/C21H25N3O5/c1-6-28-21(27)17-10(2)18(23-11(17)3)19(25)12(4)22-14-7-8-16-15(9-14)24-20(26)13(5)29-16/h7-9,12-13,22-23H,6H2,1-5H3,(H,24,26). The van der Waals surface area contributed by atoms with Gasteiger partial charge in [-0.05, 0) is 58.4 Å². The number of hydrogen-bond acceptors (Lipinski definition) is 6. The van der Waals surface area contributed by atoms with E-state index in [4.69, 9.17) is 9.47 Å². The zero-order valence-electron chi connectivity index (χ0n) is 17.1. The van der Waals surface area contributed by atoms with Crippen molar-refractivity contribution < 1.29 is 23.9 Å². The molecule has 0 aliphatic carbocycles. The van der Waals surface area contributed by atoms with E-state index in [1.807, 2.05) is 0 Å². The number of carbonyl (C=O) groups is 3. The minimum atomic E-state index is -0.570. The minimum Gasteiger partial charge on any atom is -0.479 e. The molecule has 3 rings (SSSR count). The van der Waals surface area contributed by atoms with Gasteiger partial charge in [-0.2, -0.15) is 0 Å². The predicted octanol–water partition coefficient (Wildman–Crippen LogP) is 3.21. The third-order valence-corrected chi connectivity index (χ3v) is 4.85. The topological polar surface area (TPSA) is 110 Å². The van der Waals surface area contributed by atoms with Gasteiger partial charge in [-0.15, -0.1) is 0 Å². The molecular weight excluding hydrogens is 374 g/mol. The highest BCUT2D eigenvalue weighted by Gasteiger charge is 2.27. The molecule has 2 unspecified atom stereocenters. The number of amides is 1. The summed E-state index contributed by atoms with van der Waals surface area (Å²) in [4.78, 5) is 39.9. The van der Waals surface area contributed by atoms with Gasteiger partial charge in [0.05, 0.1) is 29.6 Å². The Bertz CT molecular complexity index is 979. The van der Waals surface area contributed by atoms with Crippen LogP contribution in [0.25, 0.3) is 0 Å². The van der Waals surface area contributed by atoms with E-state index in [2.05, 4.69) is 15.6 Å². The van der Waals surface area contributed by atoms with Crippen molar-refractivity contribution >= 4 is 29.0 Å². The number of nitrogens with one attached hydrogen (secondary N) is 3. The zero-order chi connectivity index (χ0) is 21.3. The quantitative estimate of drug-likeness (QED) is 0.508. The number of benzene rings is 1. The summed E-state index contributed by atoms with van der Waals surface area (Å²) in [5.74, 6) is -0.273. The molecule has 0 saturated heterocycles. The Hall–Kier alpha value is -3.29. The fourth-order valence-corrected chi connectivity index (χ4v) is 3.34. The number of anilines is 2. The molecule has 29 heavy (non-hydrogen) atoms. The number of esters is 1. The van der Waals surface area contributed by atoms with Gasteiger partial charge < -0.3 is 25.1 Å². The fraction of sp³-hybridized carbons (Fsp3) is 0.381. The Morgan fingerprint density at radius 2 is 2.03 bits per heavy atom. The van der Waals surface area contributed by atoms with Crippen LogP contribution in [0.5, 0.6) is 5.75 Å². The van der Waals surface area contributed by atoms with E-state index in [0.717, 1.165) is 0 Å². The number of ketones is 1. The maximum absolute atomic E-state index is 13.0. The number of hydrogen-bond donors (Lipinski definition) is 3. The predicted molar refractivity (Wildman–Crippen MR) is 109 cm³/mol. The van der Waals surface area contributed by atoms with Gasteiger partial charge in [0.15, 0.2) is 6.10 Å². The number of Topliss-reactive ketones (excluding diaryl/α,β-unsaturated/α-hetero) is 1. The molecule has 8 nitrogen and oxygen atoms in total. The van der Waals surface area contributed by atoms with Gasteiger partial charge in [-0.25, -0.2) is 4.79 Å². The molecule has 0 bridgehead atoms. The molecule has 0 spiro atoms. The van der Waals surface area contributed by atoms with Crippen LogP contribution in [-0.2, 0) is 9.53 Å². The van der Waals surface area contributed by atoms with Crippen LogP contribution < -0.4 is 15.4 Å². The van der Waals surface area contributed by atoms with Crippen LogP contribution in [0, 0.1) is 13.8 Å². The van der Waals surface area contributed by atoms with Gasteiger partial charge in [0.1, 0.15) is 5.75 Å². The molecule has 0 radical (unpaired) electrons. The lowest BCUT2D eigenvalue weighted by molar-refractivity contribution is -0.122. The molecule has 1 aliphatic heterocycles. The Kier molecular flexibility index (Phi) is 5.63. The molecule has 1 aromatic carbocycles. The first-order chi connectivity index (χ1) is 13.7. The van der Waals surface area contributed by atoms with Crippen molar-refractivity contribution in [2.24, 2.45) is 0 Å². The normalized spacial score (nSPS) is 16.3. The van der Waals surface area contributed by atoms with Crippen LogP contribution in [0.2, 0.25) is 0 Å². The Balaban J connectivity index is 1.78. The zero-order valence-corrected chi connectivity index (χ0v) is 17.1. The molecule has 3 N–H and O–H groups in total. The number of carbonyl (C=O) groups excluding carboxylic acids is 3. The van der Waals surface area contributed by atoms with Crippen molar-refractivity contribution in [3.63, 3.8) is 0 Å². The number of aryl methyl sites for hydroxylation is 1. The maximum atomic E-state index is 13.0. The molecule has 154 valence electrons. The van der Waals surface area contributed by atoms with Gasteiger partial charge in [-0.3, -0.25) is 9.59 Å². The SMILES string of the molecule is CCOC(=O)c1c(C)[nH]c(C(=O)C(C)Nc2ccc3c(c2)NC(=O)C(C)O3)c1C. The van der Waals surface area contributed by atoms with E-state index in [9.17, 15) is 14.4 Å². The molecule has 1 aromatic heterocycles. The van der Waals surface area contributed by atoms with Gasteiger partial charge in [0, 0.05) is 11.4 Å². The Morgan fingerprint density at radius 1 is 1.31 bits per heavy atom. The van der Waals surface area contributed by atoms with Gasteiger partial charge in [0.2, 0.25) is 5.78 Å². The third kappa shape index (κ3) is 3.96. The third-order valence-electron chi connectivity index (χ3n) is 4.85. The van der Waals surface area contributed by atoms with E-state index < -0.39 is 18.1 Å². The molecule has 0 fully saturated rings. The second-order valence-corrected chi connectivity index (χ2v) is 7.04. The number of aromatic nitrogens is 1. The van der Waals surface area contributed by atoms with Crippen LogP contribution in [0.15, 0.2) is 18.2 Å². The minimum absolute atomic E-state index is 0.187. The van der Waals surface area contributed by atoms with E-state index in [0.29, 0.717) is 39.6 Å². The monoisotopic (exact) mass is 399 g/mol. The number of aromatic amines is 1. The highest BCUT2D eigenvalue weighted by Crippen LogP contribution is 2.32. The second-order valence-electron chi connectivity index (χ2n) is 7.04. The fourth-order valence-electron chi connectivity index (χ4n) is 3.34. The van der Waals surface area contributed by atoms with Crippen molar-refractivity contribution in [1.82, 2.24) is 4.98 Å². The van der Waals surface area contributed by atoms with Crippen LogP contribution >= 0.6 is 0 Å². The molecule has 1 aliphatic rings. The van der Waals surface area contributed by atoms with Crippen molar-refractivity contribution in [2.45, 2.75) is 46.8 Å². The lowest BCUT2D eigenvalue weighted by Crippen LogP contribution is -2.34. The highest BCUT2D eigenvalue weighted by atomic mass is 16.5. The summed E-state index contributed by atoms with van der Waals surface area (Å²) >= 11 is 0. The summed E-state index contributed by atoms with van der Waals surface area (Å²) in [6, 6.07) is 4.68. The Labute approximate surface area is 169 Å². The number of H-pyrrole nitrogens is 1. The van der Waals surface area contributed by atoms with Crippen LogP contribution in [-0.4, -0.2) is 41.4 Å². The maximum Gasteiger partial charge on any atom is 0.340 e. The largest absolute Gasteiger partial charge is 0.479 e. The lowest BCUT2D eigenvalue weighted by atomic mass is 10.0. The van der Waals surface area contributed by atoms with E-state index in [1.54, 1.807) is 52.8 Å². The van der Waals surface area contributed by atoms with Crippen LogP contribution in [0.3, 0.4) is 0 Å². The Morgan fingerprint density at radius 3 is 2.72 bits per heavy atom. The summed E-state index contributed by atoms with van der Waals surface area (Å²) in [6.07, 6.45) is -0.547. The smallest absolute Gasteiger partial charge is 0.340 e. The van der Waals surface area contributed by atoms with Crippen molar-refractivity contribution in [3.05, 3.63) is 40.7 Å². The first kappa shape index (κ1) is 20.4. The molecule has 2 atom stereocenters. The number of rotatable bonds is 6. The lowest BCUT2D eigenvalue weighted by Gasteiger charge is -2.24. The summed E-state index contributed by atoms with van der Waals surface area (Å²) in [5, 5.41) is 5.92. The molecule has 2 aromatic rings. The molecule has 2 heterocycles. The molecule has 1 amide bonds. The van der Waals surface area contributed by atoms with Gasteiger partial charge in [0.25, 0.3) is 5.91 Å². The van der Waals surface area contributed by atoms with Crippen molar-refractivity contribution in [2.75, 3.05) is 17.2 Å². The van der Waals surface area contributed by atoms with Crippen LogP contribution in [0.4, 0.5) is 11.4 Å². The summed E-state index contributed by atoms with van der Waals surface area (Å²) in [5.41, 5.74) is 3.14. The van der Waals surface area contributed by atoms with E-state index in [1.165, 1.54) is 0 Å². The summed E-state index contributed by atoms with van der Waals surface area (Å²) < 4.78 is 10.6. The molecule has 0 saturated carbocycles. The van der Waals surface area contributed by atoms with E-state index >= 15 is 0 Å². The number of ether oxygens (including phenoxy) is 2. The summed E-state index contributed by atoms with van der Waals surface area (Å²) in [7, 11) is 0. The molecule has 8 heteroatoms. The van der Waals surface area contributed by atoms with E-state index in [-0.39, 0.29) is 18.3 Å². The van der Waals surface area contributed by atoms with Gasteiger partial charge in [-0.1, -0.05) is 0 Å². The summed E-state index contributed by atoms with van der Waals surface area (Å²) in [6.45, 7) is 8.88. The molecular formula is C21H25N3O5.